The molecular formula is C18H29N. The minimum Gasteiger partial charge on any atom is -0.316 e. The molecule has 1 aliphatic carbocycles. The van der Waals surface area contributed by atoms with Gasteiger partial charge < -0.3 is 5.32 Å². The van der Waals surface area contributed by atoms with Gasteiger partial charge in [-0.2, -0.15) is 0 Å². The fourth-order valence-corrected chi connectivity index (χ4v) is 3.17. The molecule has 0 bridgehead atoms. The van der Waals surface area contributed by atoms with Gasteiger partial charge in [0.2, 0.25) is 0 Å². The van der Waals surface area contributed by atoms with E-state index in [0.29, 0.717) is 0 Å². The highest BCUT2D eigenvalue weighted by Crippen LogP contribution is 2.26. The van der Waals surface area contributed by atoms with Crippen molar-refractivity contribution in [2.24, 2.45) is 5.92 Å². The molecule has 1 heteroatoms. The summed E-state index contributed by atoms with van der Waals surface area (Å²) >= 11 is 0. The molecule has 0 radical (unpaired) electrons. The Labute approximate surface area is 118 Å². The molecule has 0 unspecified atom stereocenters. The van der Waals surface area contributed by atoms with Gasteiger partial charge in [0.1, 0.15) is 0 Å². The SMILES string of the molecule is CC(C)(CNCCC1CCCCC1)c1ccccc1. The Morgan fingerprint density at radius 3 is 2.42 bits per heavy atom. The average molecular weight is 259 g/mol. The van der Waals surface area contributed by atoms with Crippen LogP contribution in [0, 0.1) is 5.92 Å². The number of hydrogen-bond donors (Lipinski definition) is 1. The normalized spacial score (nSPS) is 17.6. The molecule has 0 aromatic heterocycles. The zero-order valence-electron chi connectivity index (χ0n) is 12.6. The maximum atomic E-state index is 3.67. The van der Waals surface area contributed by atoms with Crippen LogP contribution in [0.1, 0.15) is 57.9 Å². The van der Waals surface area contributed by atoms with E-state index in [-0.39, 0.29) is 5.41 Å². The van der Waals surface area contributed by atoms with Crippen LogP contribution in [0.25, 0.3) is 0 Å². The molecule has 0 saturated heterocycles. The Morgan fingerprint density at radius 2 is 1.74 bits per heavy atom. The highest BCUT2D eigenvalue weighted by molar-refractivity contribution is 5.23. The zero-order chi connectivity index (χ0) is 13.6. The predicted octanol–water partition coefficient (Wildman–Crippen LogP) is 4.52. The van der Waals surface area contributed by atoms with Crippen molar-refractivity contribution >= 4 is 0 Å². The van der Waals surface area contributed by atoms with Crippen LogP contribution >= 0.6 is 0 Å². The molecule has 19 heavy (non-hydrogen) atoms. The van der Waals surface area contributed by atoms with Crippen molar-refractivity contribution in [3.05, 3.63) is 35.9 Å². The van der Waals surface area contributed by atoms with Crippen LogP contribution < -0.4 is 5.32 Å². The number of rotatable bonds is 6. The maximum absolute atomic E-state index is 3.67. The van der Waals surface area contributed by atoms with Crippen LogP contribution in [-0.2, 0) is 5.41 Å². The number of nitrogens with one attached hydrogen (secondary N) is 1. The van der Waals surface area contributed by atoms with E-state index in [1.807, 2.05) is 0 Å². The number of benzene rings is 1. The molecule has 0 amide bonds. The third kappa shape index (κ3) is 4.65. The van der Waals surface area contributed by atoms with Gasteiger partial charge in [-0.05, 0) is 24.4 Å². The molecule has 1 N–H and O–H groups in total. The van der Waals surface area contributed by atoms with Crippen molar-refractivity contribution in [2.75, 3.05) is 13.1 Å². The lowest BCUT2D eigenvalue weighted by Gasteiger charge is -2.27. The van der Waals surface area contributed by atoms with Crippen molar-refractivity contribution < 1.29 is 0 Å². The van der Waals surface area contributed by atoms with Crippen LogP contribution in [0.15, 0.2) is 30.3 Å². The minimum absolute atomic E-state index is 0.230. The largest absolute Gasteiger partial charge is 0.316 e. The smallest absolute Gasteiger partial charge is 0.00431 e. The van der Waals surface area contributed by atoms with Gasteiger partial charge in [-0.15, -0.1) is 0 Å². The van der Waals surface area contributed by atoms with E-state index in [4.69, 9.17) is 0 Å². The van der Waals surface area contributed by atoms with Crippen molar-refractivity contribution in [3.63, 3.8) is 0 Å². The molecule has 0 spiro atoms. The molecular weight excluding hydrogens is 230 g/mol. The van der Waals surface area contributed by atoms with Crippen LogP contribution in [-0.4, -0.2) is 13.1 Å². The fraction of sp³-hybridized carbons (Fsp3) is 0.667. The summed E-state index contributed by atoms with van der Waals surface area (Å²) in [4.78, 5) is 0. The molecule has 1 nitrogen and oxygen atoms in total. The van der Waals surface area contributed by atoms with Gasteiger partial charge in [0.05, 0.1) is 0 Å². The van der Waals surface area contributed by atoms with E-state index in [9.17, 15) is 0 Å². The molecule has 0 heterocycles. The summed E-state index contributed by atoms with van der Waals surface area (Å²) in [5.74, 6) is 0.987. The topological polar surface area (TPSA) is 12.0 Å². The Kier molecular flexibility index (Phi) is 5.45. The van der Waals surface area contributed by atoms with E-state index in [1.165, 1.54) is 50.6 Å². The molecule has 0 aliphatic heterocycles. The first-order valence-corrected chi connectivity index (χ1v) is 7.95. The average Bonchev–Trinajstić information content (AvgIpc) is 2.46. The lowest BCUT2D eigenvalue weighted by atomic mass is 9.84. The van der Waals surface area contributed by atoms with Gasteiger partial charge in [0.15, 0.2) is 0 Å². The fourth-order valence-electron chi connectivity index (χ4n) is 3.17. The lowest BCUT2D eigenvalue weighted by Crippen LogP contribution is -2.34. The summed E-state index contributed by atoms with van der Waals surface area (Å²) in [5.41, 5.74) is 1.66. The van der Waals surface area contributed by atoms with Crippen LogP contribution in [0.4, 0.5) is 0 Å². The molecule has 1 saturated carbocycles. The van der Waals surface area contributed by atoms with Gasteiger partial charge in [-0.3, -0.25) is 0 Å². The lowest BCUT2D eigenvalue weighted by molar-refractivity contribution is 0.329. The molecule has 2 rings (SSSR count). The molecule has 1 aromatic rings. The van der Waals surface area contributed by atoms with Gasteiger partial charge in [0.25, 0.3) is 0 Å². The van der Waals surface area contributed by atoms with Gasteiger partial charge in [-0.25, -0.2) is 0 Å². The van der Waals surface area contributed by atoms with Crippen molar-refractivity contribution in [3.8, 4) is 0 Å². The van der Waals surface area contributed by atoms with E-state index >= 15 is 0 Å². The molecule has 106 valence electrons. The first-order valence-electron chi connectivity index (χ1n) is 7.95. The molecule has 1 aromatic carbocycles. The monoisotopic (exact) mass is 259 g/mol. The Balaban J connectivity index is 1.69. The van der Waals surface area contributed by atoms with Gasteiger partial charge in [0, 0.05) is 12.0 Å². The van der Waals surface area contributed by atoms with Crippen LogP contribution in [0.5, 0.6) is 0 Å². The predicted molar refractivity (Wildman–Crippen MR) is 83.5 cm³/mol. The summed E-state index contributed by atoms with van der Waals surface area (Å²) in [5, 5.41) is 3.67. The Bertz CT molecular complexity index is 349. The molecule has 1 fully saturated rings. The van der Waals surface area contributed by atoms with Crippen molar-refractivity contribution in [1.82, 2.24) is 5.32 Å². The van der Waals surface area contributed by atoms with Crippen LogP contribution in [0.2, 0.25) is 0 Å². The minimum atomic E-state index is 0.230. The van der Waals surface area contributed by atoms with Crippen molar-refractivity contribution in [2.45, 2.75) is 57.8 Å². The quantitative estimate of drug-likeness (QED) is 0.740. The third-order valence-electron chi connectivity index (χ3n) is 4.58. The first-order chi connectivity index (χ1) is 9.18. The Hall–Kier alpha value is -0.820. The second kappa shape index (κ2) is 7.09. The second-order valence-electron chi connectivity index (χ2n) is 6.72. The summed E-state index contributed by atoms with van der Waals surface area (Å²) in [7, 11) is 0. The standard InChI is InChI=1S/C18H29N/c1-18(2,17-11-7-4-8-12-17)15-19-14-13-16-9-5-3-6-10-16/h4,7-8,11-12,16,19H,3,5-6,9-10,13-15H2,1-2H3. The van der Waals surface area contributed by atoms with E-state index in [0.717, 1.165) is 12.5 Å². The van der Waals surface area contributed by atoms with Gasteiger partial charge in [-0.1, -0.05) is 76.3 Å². The maximum Gasteiger partial charge on any atom is 0.00431 e. The summed E-state index contributed by atoms with van der Waals surface area (Å²) in [6.07, 6.45) is 8.67. The highest BCUT2D eigenvalue weighted by Gasteiger charge is 2.20. The summed E-state index contributed by atoms with van der Waals surface area (Å²) in [6.45, 7) is 6.91. The van der Waals surface area contributed by atoms with Crippen molar-refractivity contribution in [1.29, 1.82) is 0 Å². The third-order valence-corrected chi connectivity index (χ3v) is 4.58. The van der Waals surface area contributed by atoms with Crippen LogP contribution in [0.3, 0.4) is 0 Å². The van der Waals surface area contributed by atoms with E-state index in [2.05, 4.69) is 49.5 Å². The highest BCUT2D eigenvalue weighted by atomic mass is 14.9. The summed E-state index contributed by atoms with van der Waals surface area (Å²) < 4.78 is 0. The second-order valence-corrected chi connectivity index (χ2v) is 6.72. The first kappa shape index (κ1) is 14.6. The Morgan fingerprint density at radius 1 is 1.05 bits per heavy atom. The zero-order valence-corrected chi connectivity index (χ0v) is 12.6. The summed E-state index contributed by atoms with van der Waals surface area (Å²) in [6, 6.07) is 10.8. The van der Waals surface area contributed by atoms with Gasteiger partial charge >= 0.3 is 0 Å². The van der Waals surface area contributed by atoms with E-state index in [1.54, 1.807) is 0 Å². The van der Waals surface area contributed by atoms with E-state index < -0.39 is 0 Å². The number of hydrogen-bond acceptors (Lipinski definition) is 1. The molecule has 1 aliphatic rings. The molecule has 0 atom stereocenters.